The first kappa shape index (κ1) is 20.5. The van der Waals surface area contributed by atoms with Crippen molar-refractivity contribution in [2.24, 2.45) is 0 Å². The van der Waals surface area contributed by atoms with Crippen LogP contribution >= 0.6 is 0 Å². The van der Waals surface area contributed by atoms with Crippen molar-refractivity contribution in [2.75, 3.05) is 33.0 Å². The highest BCUT2D eigenvalue weighted by atomic mass is 16.6. The lowest BCUT2D eigenvalue weighted by Gasteiger charge is -2.07. The van der Waals surface area contributed by atoms with Gasteiger partial charge in [-0.05, 0) is 6.42 Å². The summed E-state index contributed by atoms with van der Waals surface area (Å²) in [6, 6.07) is 2.63. The fraction of sp³-hybridized carbons (Fsp3) is 0.533. The van der Waals surface area contributed by atoms with Crippen LogP contribution in [-0.4, -0.2) is 48.9 Å². The second-order valence-corrected chi connectivity index (χ2v) is 4.97. The minimum Gasteiger partial charge on any atom is -0.460 e. The largest absolute Gasteiger partial charge is 0.460 e. The Kier molecular flexibility index (Phi) is 9.04. The Morgan fingerprint density at radius 2 is 1.44 bits per heavy atom. The van der Waals surface area contributed by atoms with Crippen LogP contribution in [-0.2, 0) is 14.2 Å². The summed E-state index contributed by atoms with van der Waals surface area (Å²) < 4.78 is 15.4. The van der Waals surface area contributed by atoms with Gasteiger partial charge in [-0.2, -0.15) is 0 Å². The first-order valence-electron chi connectivity index (χ1n) is 7.72. The lowest BCUT2D eigenvalue weighted by molar-refractivity contribution is -0.394. The second-order valence-electron chi connectivity index (χ2n) is 4.97. The Balaban J connectivity index is 2.42. The summed E-state index contributed by atoms with van der Waals surface area (Å²) in [7, 11) is 0. The minimum atomic E-state index is -0.894. The third-order valence-corrected chi connectivity index (χ3v) is 3.03. The summed E-state index contributed by atoms with van der Waals surface area (Å²) in [4.78, 5) is 31.8. The predicted octanol–water partition coefficient (Wildman–Crippen LogP) is 2.49. The molecule has 0 aliphatic rings. The summed E-state index contributed by atoms with van der Waals surface area (Å²) >= 11 is 0. The molecule has 0 amide bonds. The SMILES string of the molecule is CCCCOCCOCCOC(=O)c1cc([N+](=O)[O-])cc([N+](=O)[O-])c1. The van der Waals surface area contributed by atoms with Crippen molar-refractivity contribution in [3.63, 3.8) is 0 Å². The Hall–Kier alpha value is -2.59. The van der Waals surface area contributed by atoms with Gasteiger partial charge in [0.05, 0.1) is 41.3 Å². The van der Waals surface area contributed by atoms with E-state index in [1.807, 2.05) is 0 Å². The first-order valence-corrected chi connectivity index (χ1v) is 7.72. The highest BCUT2D eigenvalue weighted by Gasteiger charge is 2.20. The number of nitro groups is 2. The molecule has 0 heterocycles. The summed E-state index contributed by atoms with van der Waals surface area (Å²) in [6.07, 6.45) is 2.03. The molecule has 25 heavy (non-hydrogen) atoms. The number of ether oxygens (including phenoxy) is 3. The van der Waals surface area contributed by atoms with E-state index in [0.29, 0.717) is 19.8 Å². The Bertz CT molecular complexity index is 573. The molecule has 138 valence electrons. The number of esters is 1. The fourth-order valence-corrected chi connectivity index (χ4v) is 1.77. The fourth-order valence-electron chi connectivity index (χ4n) is 1.77. The summed E-state index contributed by atoms with van der Waals surface area (Å²) in [5, 5.41) is 21.6. The van der Waals surface area contributed by atoms with Gasteiger partial charge in [0.15, 0.2) is 0 Å². The van der Waals surface area contributed by atoms with Gasteiger partial charge in [0, 0.05) is 18.7 Å². The summed E-state index contributed by atoms with van der Waals surface area (Å²) in [5.41, 5.74) is -1.37. The molecule has 0 aliphatic heterocycles. The maximum Gasteiger partial charge on any atom is 0.338 e. The van der Waals surface area contributed by atoms with Gasteiger partial charge >= 0.3 is 5.97 Å². The van der Waals surface area contributed by atoms with Crippen LogP contribution in [0.15, 0.2) is 18.2 Å². The lowest BCUT2D eigenvalue weighted by Crippen LogP contribution is -2.13. The Labute approximate surface area is 144 Å². The molecule has 0 spiro atoms. The van der Waals surface area contributed by atoms with Crippen molar-refractivity contribution in [1.82, 2.24) is 0 Å². The third kappa shape index (κ3) is 7.68. The van der Waals surface area contributed by atoms with Gasteiger partial charge in [0.1, 0.15) is 6.61 Å². The van der Waals surface area contributed by atoms with Gasteiger partial charge in [-0.3, -0.25) is 20.2 Å². The molecule has 0 bridgehead atoms. The van der Waals surface area contributed by atoms with Gasteiger partial charge < -0.3 is 14.2 Å². The van der Waals surface area contributed by atoms with Crippen LogP contribution in [0.3, 0.4) is 0 Å². The third-order valence-electron chi connectivity index (χ3n) is 3.03. The molecule has 0 radical (unpaired) electrons. The number of nitro benzene ring substituents is 2. The number of nitrogens with zero attached hydrogens (tertiary/aromatic N) is 2. The van der Waals surface area contributed by atoms with E-state index in [-0.39, 0.29) is 18.8 Å². The molecule has 0 saturated carbocycles. The lowest BCUT2D eigenvalue weighted by atomic mass is 10.2. The molecule has 0 fully saturated rings. The number of benzene rings is 1. The van der Waals surface area contributed by atoms with E-state index < -0.39 is 27.2 Å². The van der Waals surface area contributed by atoms with Gasteiger partial charge in [0.2, 0.25) is 0 Å². The zero-order valence-corrected chi connectivity index (χ0v) is 13.8. The normalized spacial score (nSPS) is 10.4. The van der Waals surface area contributed by atoms with E-state index in [4.69, 9.17) is 14.2 Å². The van der Waals surface area contributed by atoms with E-state index in [1.165, 1.54) is 0 Å². The molecule has 0 aliphatic carbocycles. The number of hydrogen-bond donors (Lipinski definition) is 0. The van der Waals surface area contributed by atoms with Crippen LogP contribution < -0.4 is 0 Å². The smallest absolute Gasteiger partial charge is 0.338 e. The van der Waals surface area contributed by atoms with Crippen LogP contribution in [0.4, 0.5) is 11.4 Å². The van der Waals surface area contributed by atoms with Gasteiger partial charge in [0.25, 0.3) is 11.4 Å². The van der Waals surface area contributed by atoms with E-state index in [1.54, 1.807) is 0 Å². The standard InChI is InChI=1S/C15H20N2O8/c1-2-3-4-23-5-6-24-7-8-25-15(18)12-9-13(16(19)20)11-14(10-12)17(21)22/h9-11H,2-8H2,1H3. The van der Waals surface area contributed by atoms with Gasteiger partial charge in [-0.15, -0.1) is 0 Å². The molecule has 10 heteroatoms. The predicted molar refractivity (Wildman–Crippen MR) is 86.6 cm³/mol. The number of rotatable bonds is 12. The Morgan fingerprint density at radius 1 is 0.920 bits per heavy atom. The summed E-state index contributed by atoms with van der Waals surface area (Å²) in [6.45, 7) is 3.56. The number of non-ortho nitro benzene ring substituents is 2. The summed E-state index contributed by atoms with van der Waals surface area (Å²) in [5.74, 6) is -0.894. The van der Waals surface area contributed by atoms with Crippen molar-refractivity contribution in [2.45, 2.75) is 19.8 Å². The molecular weight excluding hydrogens is 336 g/mol. The first-order chi connectivity index (χ1) is 12.0. The molecule has 1 aromatic carbocycles. The molecule has 0 N–H and O–H groups in total. The van der Waals surface area contributed by atoms with Gasteiger partial charge in [-0.25, -0.2) is 4.79 Å². The maximum atomic E-state index is 11.9. The highest BCUT2D eigenvalue weighted by Crippen LogP contribution is 2.23. The average molecular weight is 356 g/mol. The monoisotopic (exact) mass is 356 g/mol. The van der Waals surface area contributed by atoms with E-state index in [9.17, 15) is 25.0 Å². The van der Waals surface area contributed by atoms with Crippen LogP contribution in [0, 0.1) is 20.2 Å². The zero-order chi connectivity index (χ0) is 18.7. The minimum absolute atomic E-state index is 0.0791. The second kappa shape index (κ2) is 11.0. The zero-order valence-electron chi connectivity index (χ0n) is 13.8. The van der Waals surface area contributed by atoms with Crippen molar-refractivity contribution in [1.29, 1.82) is 0 Å². The number of carbonyl (C=O) groups excluding carboxylic acids is 1. The topological polar surface area (TPSA) is 131 Å². The molecule has 0 atom stereocenters. The van der Waals surface area contributed by atoms with Crippen LogP contribution in [0.2, 0.25) is 0 Å². The van der Waals surface area contributed by atoms with Crippen LogP contribution in [0.1, 0.15) is 30.1 Å². The van der Waals surface area contributed by atoms with Crippen molar-refractivity contribution >= 4 is 17.3 Å². The number of hydrogen-bond acceptors (Lipinski definition) is 8. The molecule has 1 rings (SSSR count). The average Bonchev–Trinajstić information content (AvgIpc) is 2.59. The van der Waals surface area contributed by atoms with Crippen LogP contribution in [0.5, 0.6) is 0 Å². The maximum absolute atomic E-state index is 11.9. The number of unbranched alkanes of at least 4 members (excludes halogenated alkanes) is 1. The molecular formula is C15H20N2O8. The van der Waals surface area contributed by atoms with E-state index in [2.05, 4.69) is 6.92 Å². The van der Waals surface area contributed by atoms with E-state index in [0.717, 1.165) is 31.0 Å². The molecule has 0 saturated heterocycles. The Morgan fingerprint density at radius 3 is 1.96 bits per heavy atom. The van der Waals surface area contributed by atoms with Crippen molar-refractivity contribution in [3.05, 3.63) is 44.0 Å². The quantitative estimate of drug-likeness (QED) is 0.241. The van der Waals surface area contributed by atoms with Gasteiger partial charge in [-0.1, -0.05) is 13.3 Å². The molecule has 1 aromatic rings. The molecule has 10 nitrogen and oxygen atoms in total. The van der Waals surface area contributed by atoms with E-state index >= 15 is 0 Å². The van der Waals surface area contributed by atoms with Crippen molar-refractivity contribution in [3.8, 4) is 0 Å². The highest BCUT2D eigenvalue weighted by molar-refractivity contribution is 5.91. The van der Waals surface area contributed by atoms with Crippen molar-refractivity contribution < 1.29 is 28.9 Å². The van der Waals surface area contributed by atoms with Crippen LogP contribution in [0.25, 0.3) is 0 Å². The molecule has 0 unspecified atom stereocenters. The molecule has 0 aromatic heterocycles. The number of carbonyl (C=O) groups is 1.